The van der Waals surface area contributed by atoms with Gasteiger partial charge in [-0.05, 0) is 51.2 Å². The van der Waals surface area contributed by atoms with E-state index in [-0.39, 0.29) is 30.1 Å². The number of aliphatic hydroxyl groups excluding tert-OH is 1. The maximum atomic E-state index is 12.1. The van der Waals surface area contributed by atoms with Gasteiger partial charge in [0.15, 0.2) is 5.78 Å². The number of hydrogen-bond donors (Lipinski definition) is 3. The van der Waals surface area contributed by atoms with E-state index in [0.717, 1.165) is 10.7 Å². The lowest BCUT2D eigenvalue weighted by atomic mass is 9.73. The quantitative estimate of drug-likeness (QED) is 0.489. The Morgan fingerprint density at radius 2 is 2.22 bits per heavy atom. The van der Waals surface area contributed by atoms with Crippen molar-refractivity contribution in [2.45, 2.75) is 64.2 Å². The van der Waals surface area contributed by atoms with Gasteiger partial charge in [0.05, 0.1) is 23.4 Å². The highest BCUT2D eigenvalue weighted by molar-refractivity contribution is 7.09. The molecular weight excluding hydrogens is 364 g/mol. The summed E-state index contributed by atoms with van der Waals surface area (Å²) in [6, 6.07) is -0.134. The fourth-order valence-electron chi connectivity index (χ4n) is 3.24. The number of nitrogens with zero attached hydrogens (tertiary/aromatic N) is 1. The molecule has 1 fully saturated rings. The van der Waals surface area contributed by atoms with Crippen molar-refractivity contribution < 1.29 is 19.8 Å². The molecule has 1 heterocycles. The van der Waals surface area contributed by atoms with Crippen molar-refractivity contribution in [1.82, 2.24) is 10.3 Å². The Labute approximate surface area is 164 Å². The first-order valence-corrected chi connectivity index (χ1v) is 10.1. The van der Waals surface area contributed by atoms with Crippen LogP contribution < -0.4 is 5.32 Å². The van der Waals surface area contributed by atoms with Gasteiger partial charge in [-0.3, -0.25) is 9.59 Å². The van der Waals surface area contributed by atoms with E-state index in [1.54, 1.807) is 25.2 Å². The molecule has 3 N–H and O–H groups in total. The molecule has 1 aromatic heterocycles. The molecule has 0 radical (unpaired) electrons. The number of allylic oxidation sites excluding steroid dienone is 3. The Balaban J connectivity index is 1.86. The Hall–Kier alpha value is -1.83. The summed E-state index contributed by atoms with van der Waals surface area (Å²) in [6.07, 6.45) is 8.02. The summed E-state index contributed by atoms with van der Waals surface area (Å²) in [4.78, 5) is 27.7. The molecule has 6 nitrogen and oxygen atoms in total. The van der Waals surface area contributed by atoms with E-state index < -0.39 is 11.7 Å². The van der Waals surface area contributed by atoms with Gasteiger partial charge in [0.25, 0.3) is 0 Å². The summed E-state index contributed by atoms with van der Waals surface area (Å²) >= 11 is 1.47. The molecule has 2 rings (SSSR count). The number of ketones is 1. The minimum absolute atomic E-state index is 0.0720. The van der Waals surface area contributed by atoms with Gasteiger partial charge in [-0.15, -0.1) is 11.3 Å². The van der Waals surface area contributed by atoms with Crippen LogP contribution in [0.3, 0.4) is 0 Å². The Kier molecular flexibility index (Phi) is 7.47. The van der Waals surface area contributed by atoms with Crippen LogP contribution in [0.5, 0.6) is 0 Å². The van der Waals surface area contributed by atoms with Crippen molar-refractivity contribution in [3.05, 3.63) is 34.3 Å². The molecule has 7 heteroatoms. The van der Waals surface area contributed by atoms with Gasteiger partial charge >= 0.3 is 0 Å². The summed E-state index contributed by atoms with van der Waals surface area (Å²) in [6.45, 7) is 5.09. The number of aliphatic hydroxyl groups is 2. The number of amides is 1. The van der Waals surface area contributed by atoms with Gasteiger partial charge in [-0.1, -0.05) is 12.2 Å². The standard InChI is InChI=1S/C20H28N2O4S/c1-13(21-14(2)23)19-22-16(12-27-19)6-4-5-7-17(24)10-15-11-18(25)8-9-20(15,3)26/h4-7,12-13,15,18,25-26H,8-11H2,1-3H3,(H,21,23)/t13-,15+,18+,20+/m1/s1. The number of aromatic nitrogens is 1. The topological polar surface area (TPSA) is 99.5 Å². The van der Waals surface area contributed by atoms with Gasteiger partial charge in [0.1, 0.15) is 5.01 Å². The molecule has 1 aliphatic rings. The van der Waals surface area contributed by atoms with Crippen molar-refractivity contribution in [2.75, 3.05) is 0 Å². The summed E-state index contributed by atoms with van der Waals surface area (Å²) in [5, 5.41) is 25.7. The van der Waals surface area contributed by atoms with Crippen molar-refractivity contribution in [1.29, 1.82) is 0 Å². The van der Waals surface area contributed by atoms with Crippen molar-refractivity contribution in [3.63, 3.8) is 0 Å². The Bertz CT molecular complexity index is 723. The van der Waals surface area contributed by atoms with Crippen LogP contribution in [-0.4, -0.2) is 38.6 Å². The van der Waals surface area contributed by atoms with Gasteiger partial charge in [0, 0.05) is 18.7 Å². The Morgan fingerprint density at radius 1 is 1.48 bits per heavy atom. The monoisotopic (exact) mass is 392 g/mol. The second-order valence-corrected chi connectivity index (χ2v) is 8.29. The maximum Gasteiger partial charge on any atom is 0.217 e. The van der Waals surface area contributed by atoms with Crippen LogP contribution in [0.25, 0.3) is 6.08 Å². The molecule has 0 unspecified atom stereocenters. The summed E-state index contributed by atoms with van der Waals surface area (Å²) in [5.74, 6) is -0.392. The first kappa shape index (κ1) is 21.5. The van der Waals surface area contributed by atoms with Crippen molar-refractivity contribution in [3.8, 4) is 0 Å². The minimum Gasteiger partial charge on any atom is -0.393 e. The molecule has 0 aliphatic heterocycles. The summed E-state index contributed by atoms with van der Waals surface area (Å²) < 4.78 is 0. The van der Waals surface area contributed by atoms with E-state index in [4.69, 9.17) is 0 Å². The predicted octanol–water partition coefficient (Wildman–Crippen LogP) is 2.78. The third-order valence-electron chi connectivity index (χ3n) is 4.86. The van der Waals surface area contributed by atoms with Crippen LogP contribution in [-0.2, 0) is 9.59 Å². The molecule has 27 heavy (non-hydrogen) atoms. The zero-order chi connectivity index (χ0) is 20.0. The first-order valence-electron chi connectivity index (χ1n) is 9.18. The van der Waals surface area contributed by atoms with Gasteiger partial charge in [0.2, 0.25) is 5.91 Å². The minimum atomic E-state index is -0.903. The van der Waals surface area contributed by atoms with E-state index in [0.29, 0.717) is 19.3 Å². The number of nitrogens with one attached hydrogen (secondary N) is 1. The van der Waals surface area contributed by atoms with E-state index in [1.165, 1.54) is 24.3 Å². The highest BCUT2D eigenvalue weighted by Gasteiger charge is 2.38. The maximum absolute atomic E-state index is 12.1. The summed E-state index contributed by atoms with van der Waals surface area (Å²) in [7, 11) is 0. The first-order chi connectivity index (χ1) is 12.7. The van der Waals surface area contributed by atoms with Crippen molar-refractivity contribution >= 4 is 29.1 Å². The lowest BCUT2D eigenvalue weighted by molar-refractivity contribution is -0.121. The largest absolute Gasteiger partial charge is 0.393 e. The zero-order valence-corrected chi connectivity index (χ0v) is 16.8. The van der Waals surface area contributed by atoms with Gasteiger partial charge in [-0.2, -0.15) is 0 Å². The molecule has 1 amide bonds. The predicted molar refractivity (Wildman–Crippen MR) is 106 cm³/mol. The average Bonchev–Trinajstić information content (AvgIpc) is 3.04. The number of rotatable bonds is 7. The molecule has 4 atom stereocenters. The smallest absolute Gasteiger partial charge is 0.217 e. The normalized spacial score (nSPS) is 27.1. The van der Waals surface area contributed by atoms with Crippen LogP contribution >= 0.6 is 11.3 Å². The van der Waals surface area contributed by atoms with E-state index in [1.807, 2.05) is 12.3 Å². The number of hydrogen-bond acceptors (Lipinski definition) is 6. The highest BCUT2D eigenvalue weighted by Crippen LogP contribution is 2.36. The molecule has 0 spiro atoms. The number of carbonyl (C=O) groups is 2. The fourth-order valence-corrected chi connectivity index (χ4v) is 4.03. The number of thiazole rings is 1. The van der Waals surface area contributed by atoms with Gasteiger partial charge < -0.3 is 15.5 Å². The van der Waals surface area contributed by atoms with Crippen LogP contribution in [0.2, 0.25) is 0 Å². The second-order valence-electron chi connectivity index (χ2n) is 7.40. The molecule has 1 aliphatic carbocycles. The van der Waals surface area contributed by atoms with E-state index in [2.05, 4.69) is 10.3 Å². The van der Waals surface area contributed by atoms with Crippen LogP contribution in [0, 0.1) is 5.92 Å². The fraction of sp³-hybridized carbons (Fsp3) is 0.550. The summed E-state index contributed by atoms with van der Waals surface area (Å²) in [5.41, 5.74) is -0.136. The van der Waals surface area contributed by atoms with E-state index in [9.17, 15) is 19.8 Å². The average molecular weight is 393 g/mol. The molecule has 0 bridgehead atoms. The second kappa shape index (κ2) is 9.39. The molecular formula is C20H28N2O4S. The third kappa shape index (κ3) is 6.68. The third-order valence-corrected chi connectivity index (χ3v) is 5.90. The van der Waals surface area contributed by atoms with Gasteiger partial charge in [-0.25, -0.2) is 4.98 Å². The highest BCUT2D eigenvalue weighted by atomic mass is 32.1. The molecule has 0 aromatic carbocycles. The van der Waals surface area contributed by atoms with Crippen LogP contribution in [0.1, 0.15) is 63.2 Å². The lowest BCUT2D eigenvalue weighted by Crippen LogP contribution is -2.42. The lowest BCUT2D eigenvalue weighted by Gasteiger charge is -2.38. The van der Waals surface area contributed by atoms with E-state index >= 15 is 0 Å². The number of carbonyl (C=O) groups excluding carboxylic acids is 2. The zero-order valence-electron chi connectivity index (χ0n) is 16.0. The van der Waals surface area contributed by atoms with Crippen LogP contribution in [0.15, 0.2) is 23.6 Å². The molecule has 148 valence electrons. The van der Waals surface area contributed by atoms with Crippen molar-refractivity contribution in [2.24, 2.45) is 5.92 Å². The van der Waals surface area contributed by atoms with Crippen LogP contribution in [0.4, 0.5) is 0 Å². The Morgan fingerprint density at radius 3 is 2.93 bits per heavy atom. The molecule has 1 aromatic rings. The molecule has 1 saturated carbocycles. The SMILES string of the molecule is CC(=O)N[C@H](C)c1nc(C=CC=CC(=O)C[C@H]2C[C@@H](O)CC[C@]2(C)O)cs1. The molecule has 0 saturated heterocycles.